The summed E-state index contributed by atoms with van der Waals surface area (Å²) in [7, 11) is 1.76. The van der Waals surface area contributed by atoms with Gasteiger partial charge in [-0.15, -0.1) is 0 Å². The number of hydrogen-bond acceptors (Lipinski definition) is 4. The van der Waals surface area contributed by atoms with Gasteiger partial charge in [0, 0.05) is 12.5 Å². The highest BCUT2D eigenvalue weighted by Crippen LogP contribution is 2.79. The molecule has 4 nitrogen and oxygen atoms in total. The van der Waals surface area contributed by atoms with E-state index in [1.165, 1.54) is 36.8 Å². The first-order valence-corrected chi connectivity index (χ1v) is 11.6. The number of nitrogens with zero attached hydrogens (tertiary/aromatic N) is 1. The second-order valence-electron chi connectivity index (χ2n) is 10.4. The predicted octanol–water partition coefficient (Wildman–Crippen LogP) is 5.10. The normalized spacial score (nSPS) is 53.4. The second-order valence-corrected chi connectivity index (χ2v) is 10.4. The standard InChI is InChI=1S/C25H33NO3/c1-4-24-9-7-17-16-6-5-15(26-27)12-18(16)14(2)11-19(17)23(24)20-13-21(20)25(24)10-8-22(28-3)29-25/h8,10,12,16-17,19-23,27H,2,4-7,9,11,13H2,1,3H3/b26-15+/t16-,17?,19?,20+,21-,22?,23?,24+,25+/m1/s1. The molecular formula is C25H33NO3. The van der Waals surface area contributed by atoms with E-state index in [0.29, 0.717) is 11.8 Å². The van der Waals surface area contributed by atoms with Crippen molar-refractivity contribution >= 4 is 5.71 Å². The molecule has 6 rings (SSSR count). The van der Waals surface area contributed by atoms with Gasteiger partial charge in [0.15, 0.2) is 6.29 Å². The average molecular weight is 396 g/mol. The van der Waals surface area contributed by atoms with Crippen LogP contribution in [-0.2, 0) is 9.47 Å². The molecule has 0 aromatic rings. The van der Waals surface area contributed by atoms with E-state index in [-0.39, 0.29) is 17.3 Å². The zero-order valence-corrected chi connectivity index (χ0v) is 17.6. The lowest BCUT2D eigenvalue weighted by molar-refractivity contribution is -0.209. The van der Waals surface area contributed by atoms with Gasteiger partial charge in [0.25, 0.3) is 0 Å². The van der Waals surface area contributed by atoms with Crippen LogP contribution in [0.15, 0.2) is 41.1 Å². The maximum Gasteiger partial charge on any atom is 0.177 e. The van der Waals surface area contributed by atoms with Gasteiger partial charge in [0.2, 0.25) is 0 Å². The maximum atomic E-state index is 9.27. The molecule has 0 aromatic carbocycles. The smallest absolute Gasteiger partial charge is 0.177 e. The summed E-state index contributed by atoms with van der Waals surface area (Å²) in [6.45, 7) is 6.90. The second kappa shape index (κ2) is 6.07. The number of fused-ring (bicyclic) bond motifs is 9. The number of hydrogen-bond donors (Lipinski definition) is 1. The van der Waals surface area contributed by atoms with E-state index in [1.807, 2.05) is 0 Å². The fourth-order valence-corrected chi connectivity index (χ4v) is 8.83. The first-order chi connectivity index (χ1) is 14.1. The molecule has 4 fully saturated rings. The minimum atomic E-state index is -0.179. The SMILES string of the molecule is C=C1CC2C(CC[C@@]3(CC)C2[C@H]2C[C@H]2[C@@]32C=CC(OC)O2)[C@H]2CC/C(=N\O)C=C12. The molecule has 4 saturated carbocycles. The van der Waals surface area contributed by atoms with Gasteiger partial charge in [-0.05, 0) is 98.2 Å². The van der Waals surface area contributed by atoms with Gasteiger partial charge >= 0.3 is 0 Å². The molecule has 6 aliphatic rings. The summed E-state index contributed by atoms with van der Waals surface area (Å²) >= 11 is 0. The van der Waals surface area contributed by atoms with Crippen LogP contribution in [0.5, 0.6) is 0 Å². The van der Waals surface area contributed by atoms with Crippen molar-refractivity contribution in [2.45, 2.75) is 63.8 Å². The van der Waals surface area contributed by atoms with Gasteiger partial charge in [-0.1, -0.05) is 30.3 Å². The van der Waals surface area contributed by atoms with E-state index in [0.717, 1.165) is 48.6 Å². The molecule has 1 spiro atoms. The molecule has 1 N–H and O–H groups in total. The number of allylic oxidation sites excluding steroid dienone is 3. The van der Waals surface area contributed by atoms with Gasteiger partial charge in [-0.3, -0.25) is 0 Å². The molecule has 1 heterocycles. The Bertz CT molecular complexity index is 843. The number of ether oxygens (including phenoxy) is 2. The van der Waals surface area contributed by atoms with Crippen molar-refractivity contribution < 1.29 is 14.7 Å². The van der Waals surface area contributed by atoms with Crippen LogP contribution in [0.4, 0.5) is 0 Å². The first-order valence-electron chi connectivity index (χ1n) is 11.6. The maximum absolute atomic E-state index is 9.27. The molecule has 4 unspecified atom stereocenters. The van der Waals surface area contributed by atoms with Crippen LogP contribution < -0.4 is 0 Å². The van der Waals surface area contributed by atoms with Gasteiger partial charge in [-0.25, -0.2) is 0 Å². The summed E-state index contributed by atoms with van der Waals surface area (Å²) < 4.78 is 12.3. The third-order valence-electron chi connectivity index (χ3n) is 9.85. The third-order valence-corrected chi connectivity index (χ3v) is 9.85. The Morgan fingerprint density at radius 1 is 1.31 bits per heavy atom. The summed E-state index contributed by atoms with van der Waals surface area (Å²) in [5, 5.41) is 12.8. The lowest BCUT2D eigenvalue weighted by Crippen LogP contribution is -2.56. The zero-order chi connectivity index (χ0) is 20.0. The molecule has 0 aromatic heterocycles. The largest absolute Gasteiger partial charge is 0.411 e. The summed E-state index contributed by atoms with van der Waals surface area (Å²) in [5.41, 5.74) is 3.64. The Morgan fingerprint density at radius 2 is 2.17 bits per heavy atom. The van der Waals surface area contributed by atoms with Gasteiger partial charge in [0.1, 0.15) is 0 Å². The van der Waals surface area contributed by atoms with Crippen molar-refractivity contribution in [3.8, 4) is 0 Å². The van der Waals surface area contributed by atoms with Gasteiger partial charge < -0.3 is 14.7 Å². The highest BCUT2D eigenvalue weighted by molar-refractivity contribution is 5.96. The first kappa shape index (κ1) is 18.4. The fraction of sp³-hybridized carbons (Fsp3) is 0.720. The van der Waals surface area contributed by atoms with Crippen molar-refractivity contribution in [2.24, 2.45) is 46.1 Å². The van der Waals surface area contributed by atoms with E-state index in [4.69, 9.17) is 9.47 Å². The summed E-state index contributed by atoms with van der Waals surface area (Å²) in [6.07, 6.45) is 14.7. The molecule has 156 valence electrons. The Balaban J connectivity index is 1.39. The summed E-state index contributed by atoms with van der Waals surface area (Å²) in [6, 6.07) is 0. The molecule has 5 aliphatic carbocycles. The molecule has 0 radical (unpaired) electrons. The zero-order valence-electron chi connectivity index (χ0n) is 17.6. The van der Waals surface area contributed by atoms with Crippen LogP contribution >= 0.6 is 0 Å². The Hall–Kier alpha value is -1.39. The van der Waals surface area contributed by atoms with Gasteiger partial charge in [-0.2, -0.15) is 0 Å². The quantitative estimate of drug-likeness (QED) is 0.402. The molecule has 0 amide bonds. The van der Waals surface area contributed by atoms with Crippen molar-refractivity contribution in [2.75, 3.05) is 7.11 Å². The Morgan fingerprint density at radius 3 is 2.90 bits per heavy atom. The minimum absolute atomic E-state index is 0.108. The monoisotopic (exact) mass is 395 g/mol. The molecular weight excluding hydrogens is 362 g/mol. The molecule has 1 aliphatic heterocycles. The van der Waals surface area contributed by atoms with Crippen LogP contribution in [0.2, 0.25) is 0 Å². The predicted molar refractivity (Wildman–Crippen MR) is 112 cm³/mol. The Labute approximate surface area is 173 Å². The highest BCUT2D eigenvalue weighted by Gasteiger charge is 2.78. The van der Waals surface area contributed by atoms with E-state index in [2.05, 4.69) is 36.9 Å². The van der Waals surface area contributed by atoms with Crippen molar-refractivity contribution in [3.63, 3.8) is 0 Å². The number of rotatable bonds is 2. The van der Waals surface area contributed by atoms with E-state index in [9.17, 15) is 5.21 Å². The lowest BCUT2D eigenvalue weighted by Gasteiger charge is -2.58. The van der Waals surface area contributed by atoms with Crippen LogP contribution in [0.3, 0.4) is 0 Å². The molecule has 4 heteroatoms. The van der Waals surface area contributed by atoms with Crippen LogP contribution in [0.25, 0.3) is 0 Å². The average Bonchev–Trinajstić information content (AvgIpc) is 3.36. The molecule has 9 atom stereocenters. The third kappa shape index (κ3) is 2.15. The highest BCUT2D eigenvalue weighted by atomic mass is 16.7. The fourth-order valence-electron chi connectivity index (χ4n) is 8.83. The van der Waals surface area contributed by atoms with Crippen molar-refractivity contribution in [1.82, 2.24) is 0 Å². The van der Waals surface area contributed by atoms with E-state index < -0.39 is 0 Å². The van der Waals surface area contributed by atoms with E-state index in [1.54, 1.807) is 7.11 Å². The lowest BCUT2D eigenvalue weighted by atomic mass is 9.47. The van der Waals surface area contributed by atoms with Gasteiger partial charge in [0.05, 0.1) is 11.3 Å². The number of methoxy groups -OCH3 is 1. The van der Waals surface area contributed by atoms with Crippen molar-refractivity contribution in [3.05, 3.63) is 36.0 Å². The minimum Gasteiger partial charge on any atom is -0.411 e. The number of oxime groups is 1. The molecule has 29 heavy (non-hydrogen) atoms. The van der Waals surface area contributed by atoms with Crippen LogP contribution in [-0.4, -0.2) is 29.9 Å². The Kier molecular flexibility index (Phi) is 3.85. The molecule has 0 bridgehead atoms. The summed E-state index contributed by atoms with van der Waals surface area (Å²) in [5.74, 6) is 4.28. The topological polar surface area (TPSA) is 51.0 Å². The molecule has 0 saturated heterocycles. The van der Waals surface area contributed by atoms with Crippen LogP contribution in [0, 0.1) is 40.9 Å². The van der Waals surface area contributed by atoms with E-state index >= 15 is 0 Å². The summed E-state index contributed by atoms with van der Waals surface area (Å²) in [4.78, 5) is 0. The van der Waals surface area contributed by atoms with Crippen molar-refractivity contribution in [1.29, 1.82) is 0 Å². The van der Waals surface area contributed by atoms with Crippen LogP contribution in [0.1, 0.15) is 51.9 Å².